The van der Waals surface area contributed by atoms with Gasteiger partial charge in [0.2, 0.25) is 0 Å². The van der Waals surface area contributed by atoms with Crippen LogP contribution in [0, 0.1) is 11.8 Å². The molecule has 0 heterocycles. The number of Topliss-reactive ketones (excluding diaryl/α,β-unsaturated/α-hetero) is 1. The Morgan fingerprint density at radius 3 is 2.41 bits per heavy atom. The lowest BCUT2D eigenvalue weighted by atomic mass is 9.93. The van der Waals surface area contributed by atoms with Gasteiger partial charge in [0.25, 0.3) is 0 Å². The predicted molar refractivity (Wildman–Crippen MR) is 90.8 cm³/mol. The van der Waals surface area contributed by atoms with E-state index >= 15 is 0 Å². The summed E-state index contributed by atoms with van der Waals surface area (Å²) in [7, 11) is 1.55. The van der Waals surface area contributed by atoms with Crippen molar-refractivity contribution in [3.8, 4) is 11.5 Å². The fraction of sp³-hybridized carbons (Fsp3) is 0.632. The molecule has 1 atom stereocenters. The van der Waals surface area contributed by atoms with Crippen molar-refractivity contribution in [2.24, 2.45) is 11.8 Å². The summed E-state index contributed by atoms with van der Waals surface area (Å²) in [5.74, 6) is 2.06. The van der Waals surface area contributed by atoms with Crippen LogP contribution in [0.2, 0.25) is 0 Å². The Balaban J connectivity index is 2.72. The lowest BCUT2D eigenvalue weighted by Gasteiger charge is -2.16. The first-order valence-electron chi connectivity index (χ1n) is 8.26. The molecule has 22 heavy (non-hydrogen) atoms. The monoisotopic (exact) mass is 306 g/mol. The van der Waals surface area contributed by atoms with Gasteiger partial charge in [-0.1, -0.05) is 40.0 Å². The third kappa shape index (κ3) is 5.36. The van der Waals surface area contributed by atoms with Crippen LogP contribution < -0.4 is 4.74 Å². The van der Waals surface area contributed by atoms with Gasteiger partial charge in [0.15, 0.2) is 5.78 Å². The number of ether oxygens (including phenoxy) is 1. The molecule has 1 rings (SSSR count). The highest BCUT2D eigenvalue weighted by Crippen LogP contribution is 2.34. The second kappa shape index (κ2) is 8.82. The van der Waals surface area contributed by atoms with Gasteiger partial charge < -0.3 is 9.84 Å². The first-order valence-corrected chi connectivity index (χ1v) is 8.26. The van der Waals surface area contributed by atoms with Crippen molar-refractivity contribution in [1.29, 1.82) is 0 Å². The van der Waals surface area contributed by atoms with Gasteiger partial charge in [0, 0.05) is 5.56 Å². The predicted octanol–water partition coefficient (Wildman–Crippen LogP) is 5.00. The van der Waals surface area contributed by atoms with E-state index in [4.69, 9.17) is 4.74 Å². The van der Waals surface area contributed by atoms with Crippen molar-refractivity contribution in [1.82, 2.24) is 0 Å². The van der Waals surface area contributed by atoms with Gasteiger partial charge in [-0.2, -0.15) is 0 Å². The largest absolute Gasteiger partial charge is 0.508 e. The normalized spacial score (nSPS) is 12.5. The zero-order chi connectivity index (χ0) is 16.7. The molecule has 0 fully saturated rings. The van der Waals surface area contributed by atoms with Crippen LogP contribution in [0.25, 0.3) is 0 Å². The second-order valence-electron chi connectivity index (χ2n) is 6.67. The van der Waals surface area contributed by atoms with Crippen LogP contribution >= 0.6 is 0 Å². The zero-order valence-electron chi connectivity index (χ0n) is 14.6. The molecule has 1 aromatic rings. The maximum atomic E-state index is 11.7. The number of hydrogen-bond donors (Lipinski definition) is 1. The highest BCUT2D eigenvalue weighted by molar-refractivity contribution is 5.97. The summed E-state index contributed by atoms with van der Waals surface area (Å²) < 4.78 is 5.38. The van der Waals surface area contributed by atoms with Gasteiger partial charge in [0.1, 0.15) is 11.5 Å². The molecule has 0 saturated heterocycles. The van der Waals surface area contributed by atoms with Crippen molar-refractivity contribution in [2.45, 2.75) is 59.8 Å². The average molecular weight is 306 g/mol. The molecule has 3 nitrogen and oxygen atoms in total. The van der Waals surface area contributed by atoms with Crippen molar-refractivity contribution in [3.05, 3.63) is 23.3 Å². The van der Waals surface area contributed by atoms with Crippen LogP contribution in [0.15, 0.2) is 12.1 Å². The van der Waals surface area contributed by atoms with E-state index in [1.165, 1.54) is 26.2 Å². The summed E-state index contributed by atoms with van der Waals surface area (Å²) in [6.07, 6.45) is 5.43. The van der Waals surface area contributed by atoms with Gasteiger partial charge in [0.05, 0.1) is 12.7 Å². The molecule has 124 valence electrons. The minimum absolute atomic E-state index is 0.0388. The summed E-state index contributed by atoms with van der Waals surface area (Å²) >= 11 is 0. The van der Waals surface area contributed by atoms with Gasteiger partial charge in [-0.15, -0.1) is 0 Å². The summed E-state index contributed by atoms with van der Waals surface area (Å²) in [5.41, 5.74) is 1.30. The number of benzene rings is 1. The molecular formula is C19H30O3. The van der Waals surface area contributed by atoms with Crippen molar-refractivity contribution >= 4 is 5.78 Å². The molecule has 3 heteroatoms. The highest BCUT2D eigenvalue weighted by Gasteiger charge is 2.17. The first-order chi connectivity index (χ1) is 10.4. The van der Waals surface area contributed by atoms with E-state index in [2.05, 4.69) is 20.8 Å². The number of methoxy groups -OCH3 is 1. The number of carbonyl (C=O) groups is 1. The number of aromatic hydroxyl groups is 1. The van der Waals surface area contributed by atoms with Gasteiger partial charge in [-0.3, -0.25) is 4.79 Å². The molecule has 1 unspecified atom stereocenters. The molecule has 0 spiro atoms. The fourth-order valence-electron chi connectivity index (χ4n) is 2.78. The van der Waals surface area contributed by atoms with Crippen LogP contribution in [-0.2, 0) is 6.42 Å². The van der Waals surface area contributed by atoms with Gasteiger partial charge >= 0.3 is 0 Å². The minimum atomic E-state index is -0.0388. The maximum absolute atomic E-state index is 11.7. The van der Waals surface area contributed by atoms with E-state index in [9.17, 15) is 9.90 Å². The minimum Gasteiger partial charge on any atom is -0.508 e. The van der Waals surface area contributed by atoms with Crippen LogP contribution in [0.3, 0.4) is 0 Å². The summed E-state index contributed by atoms with van der Waals surface area (Å²) in [6, 6.07) is 3.23. The Bertz CT molecular complexity index is 492. The van der Waals surface area contributed by atoms with Crippen molar-refractivity contribution < 1.29 is 14.6 Å². The molecule has 0 aliphatic heterocycles. The van der Waals surface area contributed by atoms with Crippen LogP contribution in [-0.4, -0.2) is 18.0 Å². The third-order valence-corrected chi connectivity index (χ3v) is 4.18. The van der Waals surface area contributed by atoms with Gasteiger partial charge in [-0.25, -0.2) is 0 Å². The summed E-state index contributed by atoms with van der Waals surface area (Å²) in [6.45, 7) is 8.27. The number of rotatable bonds is 9. The molecule has 1 N–H and O–H groups in total. The molecular weight excluding hydrogens is 276 g/mol. The van der Waals surface area contributed by atoms with E-state index in [1.807, 2.05) is 0 Å². The molecule has 0 radical (unpaired) electrons. The molecule has 1 aromatic carbocycles. The third-order valence-electron chi connectivity index (χ3n) is 4.18. The van der Waals surface area contributed by atoms with E-state index in [1.54, 1.807) is 19.2 Å². The van der Waals surface area contributed by atoms with Crippen LogP contribution in [0.4, 0.5) is 0 Å². The number of phenols is 1. The van der Waals surface area contributed by atoms with E-state index in [0.717, 1.165) is 24.3 Å². The number of phenolic OH excluding ortho intramolecular Hbond substituents is 1. The Kier molecular flexibility index (Phi) is 7.43. The molecule has 0 aliphatic rings. The average Bonchev–Trinajstić information content (AvgIpc) is 2.44. The first kappa shape index (κ1) is 18.5. The highest BCUT2D eigenvalue weighted by atomic mass is 16.5. The molecule has 0 aliphatic carbocycles. The summed E-state index contributed by atoms with van der Waals surface area (Å²) in [4.78, 5) is 11.7. The number of ketones is 1. The maximum Gasteiger partial charge on any atom is 0.163 e. The van der Waals surface area contributed by atoms with E-state index < -0.39 is 0 Å². The molecule has 0 amide bonds. The quantitative estimate of drug-likeness (QED) is 0.653. The Morgan fingerprint density at radius 1 is 1.18 bits per heavy atom. The molecule has 0 aromatic heterocycles. The lowest BCUT2D eigenvalue weighted by Crippen LogP contribution is -2.04. The zero-order valence-corrected chi connectivity index (χ0v) is 14.6. The van der Waals surface area contributed by atoms with Crippen LogP contribution in [0.1, 0.15) is 69.3 Å². The van der Waals surface area contributed by atoms with Crippen molar-refractivity contribution in [2.75, 3.05) is 7.11 Å². The fourth-order valence-corrected chi connectivity index (χ4v) is 2.78. The number of hydrogen-bond acceptors (Lipinski definition) is 3. The standard InChI is InChI=1S/C19H30O3/c1-13(2)7-6-8-14(3)9-10-17-18(21)12-11-16(15(4)20)19(17)22-5/h11-14,21H,6-10H2,1-5H3. The van der Waals surface area contributed by atoms with E-state index in [-0.39, 0.29) is 11.5 Å². The number of carbonyl (C=O) groups excluding carboxylic acids is 1. The molecule has 0 saturated carbocycles. The Morgan fingerprint density at radius 2 is 1.86 bits per heavy atom. The van der Waals surface area contributed by atoms with Crippen molar-refractivity contribution in [3.63, 3.8) is 0 Å². The summed E-state index contributed by atoms with van der Waals surface area (Å²) in [5, 5.41) is 10.1. The molecule has 0 bridgehead atoms. The smallest absolute Gasteiger partial charge is 0.163 e. The van der Waals surface area contributed by atoms with Crippen LogP contribution in [0.5, 0.6) is 11.5 Å². The SMILES string of the molecule is COc1c(C(C)=O)ccc(O)c1CCC(C)CCCC(C)C. The Hall–Kier alpha value is -1.51. The topological polar surface area (TPSA) is 46.5 Å². The van der Waals surface area contributed by atoms with Gasteiger partial charge in [-0.05, 0) is 43.7 Å². The van der Waals surface area contributed by atoms with E-state index in [0.29, 0.717) is 17.2 Å². The second-order valence-corrected chi connectivity index (χ2v) is 6.67. The lowest BCUT2D eigenvalue weighted by molar-refractivity contribution is 0.101. The Labute approximate surface area is 134 Å².